The molecule has 0 aliphatic carbocycles. The fourth-order valence-electron chi connectivity index (χ4n) is 3.21. The number of nitrogens with one attached hydrogen (secondary N) is 1. The highest BCUT2D eigenvalue weighted by molar-refractivity contribution is 6.39. The quantitative estimate of drug-likeness (QED) is 0.289. The van der Waals surface area contributed by atoms with Crippen molar-refractivity contribution in [3.05, 3.63) is 76.3 Å². The van der Waals surface area contributed by atoms with Gasteiger partial charge in [-0.15, -0.1) is 0 Å². The number of nitrogens with zero attached hydrogens (tertiary/aromatic N) is 1. The van der Waals surface area contributed by atoms with Crippen LogP contribution >= 0.6 is 23.2 Å². The van der Waals surface area contributed by atoms with E-state index in [4.69, 9.17) is 27.9 Å². The normalized spacial score (nSPS) is 10.5. The largest absolute Gasteiger partial charge is 0.508 e. The fourth-order valence-corrected chi connectivity index (χ4v) is 3.77. The third-order valence-corrected chi connectivity index (χ3v) is 5.41. The molecule has 0 aromatic heterocycles. The number of rotatable bonds is 8. The van der Waals surface area contributed by atoms with E-state index in [1.807, 2.05) is 37.3 Å². The molecule has 0 aliphatic rings. The first-order valence-corrected chi connectivity index (χ1v) is 11.3. The summed E-state index contributed by atoms with van der Waals surface area (Å²) in [7, 11) is 0. The van der Waals surface area contributed by atoms with Crippen molar-refractivity contribution in [1.82, 2.24) is 0 Å². The van der Waals surface area contributed by atoms with Crippen LogP contribution in [0.3, 0.4) is 0 Å². The highest BCUT2D eigenvalue weighted by Crippen LogP contribution is 2.40. The van der Waals surface area contributed by atoms with E-state index in [1.165, 1.54) is 12.1 Å². The molecule has 3 aromatic carbocycles. The van der Waals surface area contributed by atoms with Gasteiger partial charge >= 0.3 is 11.9 Å². The summed E-state index contributed by atoms with van der Waals surface area (Å²) in [6, 6.07) is 17.5. The number of benzene rings is 3. The predicted octanol–water partition coefficient (Wildman–Crippen LogP) is 6.02. The van der Waals surface area contributed by atoms with Gasteiger partial charge in [-0.2, -0.15) is 0 Å². The zero-order valence-electron chi connectivity index (χ0n) is 18.7. The second-order valence-electron chi connectivity index (χ2n) is 7.19. The van der Waals surface area contributed by atoms with Crippen molar-refractivity contribution >= 4 is 46.5 Å². The summed E-state index contributed by atoms with van der Waals surface area (Å²) in [6.07, 6.45) is 0. The molecule has 0 unspecified atom stereocenters. The van der Waals surface area contributed by atoms with Gasteiger partial charge in [0.15, 0.2) is 5.75 Å². The van der Waals surface area contributed by atoms with Crippen LogP contribution in [0.4, 0.5) is 11.4 Å². The van der Waals surface area contributed by atoms with Gasteiger partial charge in [0.25, 0.3) is 0 Å². The number of phenols is 1. The maximum absolute atomic E-state index is 11.9. The number of halogens is 2. The second kappa shape index (κ2) is 11.6. The number of anilines is 2. The van der Waals surface area contributed by atoms with Crippen LogP contribution in [0, 0.1) is 0 Å². The Balaban J connectivity index is 1.79. The molecule has 0 radical (unpaired) electrons. The van der Waals surface area contributed by atoms with Gasteiger partial charge in [-0.25, -0.2) is 4.79 Å². The molecular weight excluding hydrogens is 479 g/mol. The summed E-state index contributed by atoms with van der Waals surface area (Å²) < 4.78 is 10.6. The zero-order valence-corrected chi connectivity index (χ0v) is 20.2. The van der Waals surface area contributed by atoms with Gasteiger partial charge in [0.05, 0.1) is 16.7 Å². The van der Waals surface area contributed by atoms with E-state index in [2.05, 4.69) is 15.0 Å². The van der Waals surface area contributed by atoms with Gasteiger partial charge in [-0.1, -0.05) is 41.4 Å². The summed E-state index contributed by atoms with van der Waals surface area (Å²) >= 11 is 12.7. The lowest BCUT2D eigenvalue weighted by Crippen LogP contribution is -2.24. The van der Waals surface area contributed by atoms with Gasteiger partial charge in [0.2, 0.25) is 0 Å². The molecule has 3 aromatic rings. The van der Waals surface area contributed by atoms with E-state index in [0.29, 0.717) is 17.9 Å². The summed E-state index contributed by atoms with van der Waals surface area (Å²) in [5.41, 5.74) is 1.91. The molecule has 2 N–H and O–H groups in total. The lowest BCUT2D eigenvalue weighted by molar-refractivity contribution is -0.152. The van der Waals surface area contributed by atoms with Crippen molar-refractivity contribution in [1.29, 1.82) is 0 Å². The van der Waals surface area contributed by atoms with Crippen LogP contribution in [0.25, 0.3) is 0 Å². The first-order valence-electron chi connectivity index (χ1n) is 10.6. The van der Waals surface area contributed by atoms with Crippen LogP contribution in [-0.2, 0) is 20.9 Å². The molecule has 0 aliphatic heterocycles. The Morgan fingerprint density at radius 2 is 1.68 bits per heavy atom. The molecule has 0 bridgehead atoms. The highest BCUT2D eigenvalue weighted by atomic mass is 35.5. The minimum absolute atomic E-state index is 0.0799. The molecule has 0 atom stereocenters. The van der Waals surface area contributed by atoms with Crippen LogP contribution in [0.1, 0.15) is 19.4 Å². The SMILES string of the molecule is CCOC(=O)C(=O)Nc1cc(Cl)c(Oc2ccc(O)c(CN(CC)c3ccccc3)c2)c(Cl)c1. The van der Waals surface area contributed by atoms with Crippen molar-refractivity contribution in [2.45, 2.75) is 20.4 Å². The van der Waals surface area contributed by atoms with Crippen LogP contribution in [0.2, 0.25) is 10.0 Å². The Kier molecular flexibility index (Phi) is 8.62. The number of para-hydroxylation sites is 1. The Morgan fingerprint density at radius 1 is 1.00 bits per heavy atom. The smallest absolute Gasteiger partial charge is 0.397 e. The first-order chi connectivity index (χ1) is 16.3. The van der Waals surface area contributed by atoms with Gasteiger partial charge in [-0.05, 0) is 56.3 Å². The maximum Gasteiger partial charge on any atom is 0.397 e. The molecule has 0 saturated heterocycles. The lowest BCUT2D eigenvalue weighted by Gasteiger charge is -2.24. The topological polar surface area (TPSA) is 88.1 Å². The minimum Gasteiger partial charge on any atom is -0.508 e. The van der Waals surface area contributed by atoms with Crippen molar-refractivity contribution in [2.75, 3.05) is 23.4 Å². The van der Waals surface area contributed by atoms with E-state index in [0.717, 1.165) is 12.2 Å². The standard InChI is InChI=1S/C25H24Cl2N2O5/c1-3-29(18-8-6-5-7-9-18)15-16-12-19(10-11-22(16)30)34-23-20(26)13-17(14-21(23)27)28-24(31)25(32)33-4-2/h5-14,30H,3-4,15H2,1-2H3,(H,28,31). The van der Waals surface area contributed by atoms with Gasteiger partial charge in [-0.3, -0.25) is 4.79 Å². The number of carbonyl (C=O) groups is 2. The molecular formula is C25H24Cl2N2O5. The predicted molar refractivity (Wildman–Crippen MR) is 133 cm³/mol. The molecule has 0 saturated carbocycles. The van der Waals surface area contributed by atoms with E-state index in [-0.39, 0.29) is 33.8 Å². The number of carbonyl (C=O) groups excluding carboxylic acids is 2. The van der Waals surface area contributed by atoms with Crippen LogP contribution in [-0.4, -0.2) is 30.1 Å². The molecule has 0 spiro atoms. The van der Waals surface area contributed by atoms with E-state index < -0.39 is 11.9 Å². The number of amides is 1. The average Bonchev–Trinajstić information content (AvgIpc) is 2.82. The summed E-state index contributed by atoms with van der Waals surface area (Å²) in [5, 5.41) is 13.0. The highest BCUT2D eigenvalue weighted by Gasteiger charge is 2.18. The fraction of sp³-hybridized carbons (Fsp3) is 0.200. The molecule has 34 heavy (non-hydrogen) atoms. The average molecular weight is 503 g/mol. The first kappa shape index (κ1) is 25.2. The molecule has 1 amide bonds. The Bertz CT molecular complexity index is 1150. The van der Waals surface area contributed by atoms with Crippen molar-refractivity contribution in [3.8, 4) is 17.2 Å². The van der Waals surface area contributed by atoms with Gasteiger partial charge in [0.1, 0.15) is 11.5 Å². The molecule has 178 valence electrons. The summed E-state index contributed by atoms with van der Waals surface area (Å²) in [4.78, 5) is 25.5. The molecule has 0 fully saturated rings. The Morgan fingerprint density at radius 3 is 2.29 bits per heavy atom. The Hall–Kier alpha value is -3.42. The van der Waals surface area contributed by atoms with E-state index in [1.54, 1.807) is 25.1 Å². The number of ether oxygens (including phenoxy) is 2. The summed E-state index contributed by atoms with van der Waals surface area (Å²) in [5.74, 6) is -1.22. The number of hydrogen-bond donors (Lipinski definition) is 2. The van der Waals surface area contributed by atoms with Gasteiger partial charge in [0, 0.05) is 30.0 Å². The molecule has 7 nitrogen and oxygen atoms in total. The zero-order chi connectivity index (χ0) is 24.7. The van der Waals surface area contributed by atoms with Crippen molar-refractivity contribution in [2.24, 2.45) is 0 Å². The van der Waals surface area contributed by atoms with Gasteiger partial charge < -0.3 is 24.8 Å². The second-order valence-corrected chi connectivity index (χ2v) is 8.00. The number of aromatic hydroxyl groups is 1. The van der Waals surface area contributed by atoms with Crippen LogP contribution in [0.5, 0.6) is 17.2 Å². The molecule has 9 heteroatoms. The monoisotopic (exact) mass is 502 g/mol. The van der Waals surface area contributed by atoms with Crippen molar-refractivity contribution < 1.29 is 24.2 Å². The van der Waals surface area contributed by atoms with Crippen LogP contribution in [0.15, 0.2) is 60.7 Å². The minimum atomic E-state index is -1.01. The number of phenolic OH excluding ortho intramolecular Hbond substituents is 1. The molecule has 0 heterocycles. The third-order valence-electron chi connectivity index (χ3n) is 4.85. The number of hydrogen-bond acceptors (Lipinski definition) is 6. The van der Waals surface area contributed by atoms with E-state index >= 15 is 0 Å². The maximum atomic E-state index is 11.9. The lowest BCUT2D eigenvalue weighted by atomic mass is 10.1. The third kappa shape index (κ3) is 6.34. The Labute approximate surface area is 207 Å². The van der Waals surface area contributed by atoms with Crippen LogP contribution < -0.4 is 15.0 Å². The van der Waals surface area contributed by atoms with Crippen molar-refractivity contribution in [3.63, 3.8) is 0 Å². The number of esters is 1. The van der Waals surface area contributed by atoms with E-state index in [9.17, 15) is 14.7 Å². The summed E-state index contributed by atoms with van der Waals surface area (Å²) in [6.45, 7) is 4.92. The molecule has 3 rings (SSSR count).